The second-order valence-electron chi connectivity index (χ2n) is 7.15. The van der Waals surface area contributed by atoms with Gasteiger partial charge in [-0.25, -0.2) is 13.2 Å². The average molecular weight is 473 g/mol. The first-order valence-corrected chi connectivity index (χ1v) is 12.7. The Kier molecular flexibility index (Phi) is 4.87. The number of hydrogen-bond donors (Lipinski definition) is 0. The molecule has 0 saturated carbocycles. The number of anilines is 1. The van der Waals surface area contributed by atoms with Crippen LogP contribution in [0.15, 0.2) is 51.8 Å². The van der Waals surface area contributed by atoms with Crippen molar-refractivity contribution in [2.45, 2.75) is 11.8 Å². The lowest BCUT2D eigenvalue weighted by Crippen LogP contribution is -2.35. The number of ketones is 1. The highest BCUT2D eigenvalue weighted by molar-refractivity contribution is 8.15. The molecule has 0 aliphatic carbocycles. The third-order valence-corrected chi connectivity index (χ3v) is 8.76. The molecule has 3 heterocycles. The zero-order valence-electron chi connectivity index (χ0n) is 16.3. The summed E-state index contributed by atoms with van der Waals surface area (Å²) in [6.45, 7) is 1.88. The first-order chi connectivity index (χ1) is 14.8. The van der Waals surface area contributed by atoms with Gasteiger partial charge in [-0.3, -0.25) is 4.79 Å². The Balaban J connectivity index is 1.31. The smallest absolute Gasteiger partial charge is 0.338 e. The standard InChI is InChI=1S/C21H16N2O5S3/c1-12-14-4-2-3-5-17(14)29-19(12)16(24)11-28-20(25)13-6-7-15-18(10-13)30-21-22-31(26,27)9-8-23(15)21/h2-7,10H,8-9,11H2,1H3. The van der Waals surface area contributed by atoms with Crippen molar-refractivity contribution in [2.24, 2.45) is 4.40 Å². The van der Waals surface area contributed by atoms with E-state index in [0.717, 1.165) is 26.2 Å². The van der Waals surface area contributed by atoms with Gasteiger partial charge in [-0.05, 0) is 53.9 Å². The summed E-state index contributed by atoms with van der Waals surface area (Å²) in [6.07, 6.45) is 0. The van der Waals surface area contributed by atoms with Crippen molar-refractivity contribution in [3.63, 3.8) is 0 Å². The molecule has 0 N–H and O–H groups in total. The van der Waals surface area contributed by atoms with E-state index in [4.69, 9.17) is 4.74 Å². The van der Waals surface area contributed by atoms with Gasteiger partial charge in [-0.2, -0.15) is 0 Å². The number of carbonyl (C=O) groups is 2. The summed E-state index contributed by atoms with van der Waals surface area (Å²) in [5.41, 5.74) is 2.01. The summed E-state index contributed by atoms with van der Waals surface area (Å²) in [7, 11) is -3.44. The van der Waals surface area contributed by atoms with E-state index in [1.54, 1.807) is 18.2 Å². The Labute approximate surface area is 186 Å². The Morgan fingerprint density at radius 3 is 2.81 bits per heavy atom. The molecule has 0 unspecified atom stereocenters. The molecule has 7 nitrogen and oxygen atoms in total. The van der Waals surface area contributed by atoms with Crippen molar-refractivity contribution < 1.29 is 22.7 Å². The van der Waals surface area contributed by atoms with Crippen LogP contribution in [-0.2, 0) is 14.8 Å². The molecular formula is C21H16N2O5S3. The fraction of sp³-hybridized carbons (Fsp3) is 0.190. The number of rotatable bonds is 4. The van der Waals surface area contributed by atoms with Gasteiger partial charge in [0.15, 0.2) is 11.8 Å². The van der Waals surface area contributed by atoms with Crippen LogP contribution < -0.4 is 4.90 Å². The van der Waals surface area contributed by atoms with E-state index in [9.17, 15) is 18.0 Å². The number of sulfonamides is 1. The third-order valence-electron chi connectivity index (χ3n) is 5.14. The van der Waals surface area contributed by atoms with Crippen molar-refractivity contribution in [2.75, 3.05) is 23.8 Å². The molecule has 0 bridgehead atoms. The fourth-order valence-electron chi connectivity index (χ4n) is 3.58. The molecule has 2 aliphatic rings. The van der Waals surface area contributed by atoms with Crippen molar-refractivity contribution >= 4 is 65.8 Å². The van der Waals surface area contributed by atoms with Gasteiger partial charge < -0.3 is 9.64 Å². The lowest BCUT2D eigenvalue weighted by molar-refractivity contribution is 0.0475. The van der Waals surface area contributed by atoms with Crippen LogP contribution in [0.3, 0.4) is 0 Å². The van der Waals surface area contributed by atoms with E-state index < -0.39 is 16.0 Å². The number of aryl methyl sites for hydroxylation is 1. The lowest BCUT2D eigenvalue weighted by atomic mass is 10.1. The Morgan fingerprint density at radius 2 is 2.00 bits per heavy atom. The molecule has 31 heavy (non-hydrogen) atoms. The van der Waals surface area contributed by atoms with Gasteiger partial charge in [0.25, 0.3) is 10.0 Å². The number of hydrogen-bond acceptors (Lipinski definition) is 8. The van der Waals surface area contributed by atoms with Crippen molar-refractivity contribution in [1.82, 2.24) is 0 Å². The molecule has 0 amide bonds. The van der Waals surface area contributed by atoms with Crippen LogP contribution in [0.4, 0.5) is 5.69 Å². The average Bonchev–Trinajstić information content (AvgIpc) is 3.27. The number of amidine groups is 1. The van der Waals surface area contributed by atoms with Gasteiger partial charge in [0, 0.05) is 16.1 Å². The maximum Gasteiger partial charge on any atom is 0.338 e. The van der Waals surface area contributed by atoms with E-state index in [2.05, 4.69) is 4.40 Å². The quantitative estimate of drug-likeness (QED) is 0.420. The predicted molar refractivity (Wildman–Crippen MR) is 122 cm³/mol. The highest BCUT2D eigenvalue weighted by Gasteiger charge is 2.33. The molecule has 1 aromatic heterocycles. The third kappa shape index (κ3) is 3.64. The van der Waals surface area contributed by atoms with Crippen LogP contribution >= 0.6 is 23.1 Å². The van der Waals surface area contributed by atoms with Crippen LogP contribution in [-0.4, -0.2) is 44.2 Å². The van der Waals surface area contributed by atoms with Gasteiger partial charge in [0.2, 0.25) is 5.78 Å². The van der Waals surface area contributed by atoms with E-state index in [1.807, 2.05) is 36.1 Å². The fourth-order valence-corrected chi connectivity index (χ4v) is 7.01. The van der Waals surface area contributed by atoms with Crippen molar-refractivity contribution in [3.8, 4) is 0 Å². The number of thiophene rings is 1. The van der Waals surface area contributed by atoms with Crippen LogP contribution in [0, 0.1) is 6.92 Å². The molecule has 3 aromatic rings. The zero-order valence-corrected chi connectivity index (χ0v) is 18.8. The normalized spacial score (nSPS) is 16.5. The molecule has 2 aromatic carbocycles. The second kappa shape index (κ2) is 7.47. The van der Waals surface area contributed by atoms with Gasteiger partial charge in [0.1, 0.15) is 0 Å². The molecule has 158 valence electrons. The van der Waals surface area contributed by atoms with Crippen LogP contribution in [0.2, 0.25) is 0 Å². The SMILES string of the molecule is Cc1c(C(=O)COC(=O)c2ccc3c(c2)SC2=NS(=O)(=O)CCN23)sc2ccccc12. The molecule has 5 rings (SSSR count). The van der Waals surface area contributed by atoms with Gasteiger partial charge in [-0.15, -0.1) is 15.7 Å². The second-order valence-corrected chi connectivity index (χ2v) is 11.0. The summed E-state index contributed by atoms with van der Waals surface area (Å²) < 4.78 is 33.6. The Bertz CT molecular complexity index is 1390. The molecule has 10 heteroatoms. The van der Waals surface area contributed by atoms with E-state index in [-0.39, 0.29) is 18.1 Å². The Hall–Kier alpha value is -2.69. The minimum absolute atomic E-state index is 0.0421. The maximum atomic E-state index is 12.6. The minimum Gasteiger partial charge on any atom is -0.454 e. The molecule has 2 aliphatic heterocycles. The molecule has 0 fully saturated rings. The Morgan fingerprint density at radius 1 is 1.19 bits per heavy atom. The lowest BCUT2D eigenvalue weighted by Gasteiger charge is -2.22. The molecule has 0 spiro atoms. The number of thioether (sulfide) groups is 1. The van der Waals surface area contributed by atoms with Crippen LogP contribution in [0.5, 0.6) is 0 Å². The van der Waals surface area contributed by atoms with Crippen LogP contribution in [0.1, 0.15) is 25.6 Å². The summed E-state index contributed by atoms with van der Waals surface area (Å²) in [5.74, 6) is -0.881. The molecule has 0 saturated heterocycles. The largest absolute Gasteiger partial charge is 0.454 e. The van der Waals surface area contributed by atoms with E-state index in [0.29, 0.717) is 22.2 Å². The first-order valence-electron chi connectivity index (χ1n) is 9.43. The highest BCUT2D eigenvalue weighted by atomic mass is 32.2. The number of fused-ring (bicyclic) bond motifs is 4. The van der Waals surface area contributed by atoms with Gasteiger partial charge in [-0.1, -0.05) is 18.2 Å². The van der Waals surface area contributed by atoms with Crippen LogP contribution in [0.25, 0.3) is 10.1 Å². The molecule has 0 radical (unpaired) electrons. The summed E-state index contributed by atoms with van der Waals surface area (Å²) in [4.78, 5) is 28.3. The molecule has 0 atom stereocenters. The van der Waals surface area contributed by atoms with Crippen molar-refractivity contribution in [1.29, 1.82) is 0 Å². The van der Waals surface area contributed by atoms with E-state index in [1.165, 1.54) is 23.1 Å². The van der Waals surface area contributed by atoms with Crippen molar-refractivity contribution in [3.05, 3.63) is 58.5 Å². The number of ether oxygens (including phenoxy) is 1. The highest BCUT2D eigenvalue weighted by Crippen LogP contribution is 2.42. The maximum absolute atomic E-state index is 12.6. The number of benzene rings is 2. The number of Topliss-reactive ketones (excluding diaryl/α,β-unsaturated/α-hetero) is 1. The van der Waals surface area contributed by atoms with Gasteiger partial charge >= 0.3 is 5.97 Å². The summed E-state index contributed by atoms with van der Waals surface area (Å²) in [5, 5.41) is 1.42. The summed E-state index contributed by atoms with van der Waals surface area (Å²) in [6, 6.07) is 12.8. The minimum atomic E-state index is -3.44. The number of nitrogens with zero attached hydrogens (tertiary/aromatic N) is 2. The topological polar surface area (TPSA) is 93.1 Å². The summed E-state index contributed by atoms with van der Waals surface area (Å²) >= 11 is 2.60. The predicted octanol–water partition coefficient (Wildman–Crippen LogP) is 3.86. The molecular weight excluding hydrogens is 456 g/mol. The zero-order chi connectivity index (χ0) is 21.8. The first kappa shape index (κ1) is 20.2. The number of carbonyl (C=O) groups excluding carboxylic acids is 2. The van der Waals surface area contributed by atoms with E-state index >= 15 is 0 Å². The monoisotopic (exact) mass is 472 g/mol. The van der Waals surface area contributed by atoms with Gasteiger partial charge in [0.05, 0.1) is 21.9 Å². The number of esters is 1.